The molecule has 22 heavy (non-hydrogen) atoms. The van der Waals surface area contributed by atoms with Crippen LogP contribution in [0.3, 0.4) is 0 Å². The molecule has 0 aliphatic carbocycles. The highest BCUT2D eigenvalue weighted by Gasteiger charge is 2.53. The summed E-state index contributed by atoms with van der Waals surface area (Å²) in [5, 5.41) is 58.3. The lowest BCUT2D eigenvalue weighted by molar-refractivity contribution is -0.345. The molecule has 0 aromatic rings. The van der Waals surface area contributed by atoms with Crippen molar-refractivity contribution in [2.75, 3.05) is 13.2 Å². The lowest BCUT2D eigenvalue weighted by Crippen LogP contribution is -2.62. The van der Waals surface area contributed by atoms with Crippen LogP contribution >= 0.6 is 0 Å². The Hall–Kier alpha value is -0.400. The summed E-state index contributed by atoms with van der Waals surface area (Å²) < 4.78 is 21.1. The van der Waals surface area contributed by atoms with Crippen molar-refractivity contribution in [2.24, 2.45) is 0 Å². The van der Waals surface area contributed by atoms with Crippen molar-refractivity contribution >= 4 is 0 Å². The van der Waals surface area contributed by atoms with E-state index in [4.69, 9.17) is 24.1 Å². The molecule has 0 aromatic carbocycles. The molecule has 0 aromatic heterocycles. The normalized spacial score (nSPS) is 55.4. The fraction of sp³-hybridized carbons (Fsp3) is 1.00. The van der Waals surface area contributed by atoms with Gasteiger partial charge in [-0.05, 0) is 0 Å². The molecule has 128 valence electrons. The van der Waals surface area contributed by atoms with E-state index < -0.39 is 68.0 Å². The first-order chi connectivity index (χ1) is 10.4. The molecule has 3 aliphatic heterocycles. The molecule has 10 atom stereocenters. The van der Waals surface area contributed by atoms with Crippen molar-refractivity contribution in [3.05, 3.63) is 0 Å². The fourth-order valence-corrected chi connectivity index (χ4v) is 2.85. The summed E-state index contributed by atoms with van der Waals surface area (Å²) in [5.74, 6) is 0. The predicted octanol–water partition coefficient (Wildman–Crippen LogP) is -4.35. The molecule has 0 radical (unpaired) electrons. The summed E-state index contributed by atoms with van der Waals surface area (Å²) in [4.78, 5) is 0. The van der Waals surface area contributed by atoms with Crippen LogP contribution in [0.25, 0.3) is 0 Å². The molecule has 0 saturated carbocycles. The van der Waals surface area contributed by atoms with E-state index in [0.717, 1.165) is 0 Å². The standard InChI is InChI=1S/C12H20O10/c13-1-3-5(14)7(16)9(18)11(20-3)22-10-8(17)6(15)4-2-19-12(10)21-4/h3-18H,1-2H2/t3-,4-,5-,6-,7+,8+,9-,10?,11-,12+/m1/s1. The quantitative estimate of drug-likeness (QED) is 0.299. The minimum Gasteiger partial charge on any atom is -0.394 e. The topological polar surface area (TPSA) is 158 Å². The lowest BCUT2D eigenvalue weighted by Gasteiger charge is -2.43. The third-order valence-corrected chi connectivity index (χ3v) is 4.21. The number of hydrogen-bond acceptors (Lipinski definition) is 10. The molecule has 3 rings (SSSR count). The maximum Gasteiger partial charge on any atom is 0.187 e. The van der Waals surface area contributed by atoms with Crippen LogP contribution in [0.4, 0.5) is 0 Å². The molecule has 10 nitrogen and oxygen atoms in total. The maximum atomic E-state index is 10.0. The summed E-state index contributed by atoms with van der Waals surface area (Å²) in [6, 6.07) is 0. The van der Waals surface area contributed by atoms with Gasteiger partial charge in [0.05, 0.1) is 13.2 Å². The van der Waals surface area contributed by atoms with Gasteiger partial charge in [-0.25, -0.2) is 0 Å². The van der Waals surface area contributed by atoms with Gasteiger partial charge in [-0.15, -0.1) is 0 Å². The van der Waals surface area contributed by atoms with Crippen molar-refractivity contribution in [2.45, 2.75) is 61.4 Å². The summed E-state index contributed by atoms with van der Waals surface area (Å²) in [5.41, 5.74) is 0. The van der Waals surface area contributed by atoms with Gasteiger partial charge >= 0.3 is 0 Å². The Balaban J connectivity index is 1.71. The van der Waals surface area contributed by atoms with Crippen molar-refractivity contribution in [3.63, 3.8) is 0 Å². The summed E-state index contributed by atoms with van der Waals surface area (Å²) >= 11 is 0. The monoisotopic (exact) mass is 324 g/mol. The lowest BCUT2D eigenvalue weighted by atomic mass is 9.98. The molecular formula is C12H20O10. The van der Waals surface area contributed by atoms with Crippen LogP contribution in [0.5, 0.6) is 0 Å². The molecule has 3 heterocycles. The zero-order valence-corrected chi connectivity index (χ0v) is 11.5. The van der Waals surface area contributed by atoms with E-state index in [2.05, 4.69) is 0 Å². The molecule has 1 unspecified atom stereocenters. The molecule has 10 heteroatoms. The average molecular weight is 324 g/mol. The second-order valence-electron chi connectivity index (χ2n) is 5.66. The first-order valence-corrected chi connectivity index (χ1v) is 7.03. The Morgan fingerprint density at radius 1 is 0.864 bits per heavy atom. The maximum absolute atomic E-state index is 10.0. The zero-order chi connectivity index (χ0) is 16.0. The predicted molar refractivity (Wildman–Crippen MR) is 65.3 cm³/mol. The zero-order valence-electron chi connectivity index (χ0n) is 11.5. The van der Waals surface area contributed by atoms with Crippen LogP contribution in [0.15, 0.2) is 0 Å². The Labute approximate surface area is 125 Å². The van der Waals surface area contributed by atoms with E-state index in [9.17, 15) is 25.5 Å². The first-order valence-electron chi connectivity index (χ1n) is 7.03. The molecule has 3 aliphatic rings. The van der Waals surface area contributed by atoms with Crippen LogP contribution in [-0.4, -0.2) is 105 Å². The van der Waals surface area contributed by atoms with Crippen molar-refractivity contribution in [1.29, 1.82) is 0 Å². The Morgan fingerprint density at radius 2 is 1.59 bits per heavy atom. The van der Waals surface area contributed by atoms with Gasteiger partial charge < -0.3 is 49.6 Å². The van der Waals surface area contributed by atoms with Gasteiger partial charge in [0.2, 0.25) is 0 Å². The number of aliphatic hydroxyl groups excluding tert-OH is 6. The van der Waals surface area contributed by atoms with E-state index in [-0.39, 0.29) is 6.61 Å². The van der Waals surface area contributed by atoms with E-state index in [1.54, 1.807) is 0 Å². The van der Waals surface area contributed by atoms with Gasteiger partial charge in [-0.1, -0.05) is 0 Å². The smallest absolute Gasteiger partial charge is 0.187 e. The third-order valence-electron chi connectivity index (χ3n) is 4.21. The summed E-state index contributed by atoms with van der Waals surface area (Å²) in [6.07, 6.45) is -12.6. The molecule has 3 saturated heterocycles. The van der Waals surface area contributed by atoms with Gasteiger partial charge in [0, 0.05) is 0 Å². The van der Waals surface area contributed by atoms with Crippen LogP contribution in [0.1, 0.15) is 0 Å². The number of fused-ring (bicyclic) bond motifs is 2. The second-order valence-corrected chi connectivity index (χ2v) is 5.66. The van der Waals surface area contributed by atoms with Crippen LogP contribution in [-0.2, 0) is 18.9 Å². The van der Waals surface area contributed by atoms with Crippen LogP contribution in [0, 0.1) is 0 Å². The largest absolute Gasteiger partial charge is 0.394 e. The summed E-state index contributed by atoms with van der Waals surface area (Å²) in [7, 11) is 0. The average Bonchev–Trinajstić information content (AvgIpc) is 2.96. The molecule has 0 amide bonds. The second kappa shape index (κ2) is 6.24. The van der Waals surface area contributed by atoms with Crippen molar-refractivity contribution < 1.29 is 49.6 Å². The number of hydrogen-bond donors (Lipinski definition) is 6. The minimum atomic E-state index is -1.61. The van der Waals surface area contributed by atoms with Gasteiger partial charge in [-0.3, -0.25) is 0 Å². The number of rotatable bonds is 3. The Kier molecular flexibility index (Phi) is 4.67. The van der Waals surface area contributed by atoms with Gasteiger partial charge in [0.25, 0.3) is 0 Å². The van der Waals surface area contributed by atoms with Crippen molar-refractivity contribution in [3.8, 4) is 0 Å². The molecule has 6 N–H and O–H groups in total. The van der Waals surface area contributed by atoms with E-state index in [1.165, 1.54) is 0 Å². The Bertz CT molecular complexity index is 392. The van der Waals surface area contributed by atoms with Crippen molar-refractivity contribution in [1.82, 2.24) is 0 Å². The van der Waals surface area contributed by atoms with E-state index >= 15 is 0 Å². The number of ether oxygens (including phenoxy) is 4. The minimum absolute atomic E-state index is 0.0947. The number of aliphatic hydroxyl groups is 6. The van der Waals surface area contributed by atoms with Gasteiger partial charge in [0.1, 0.15) is 48.8 Å². The van der Waals surface area contributed by atoms with E-state index in [0.29, 0.717) is 0 Å². The van der Waals surface area contributed by atoms with E-state index in [1.807, 2.05) is 0 Å². The SMILES string of the molecule is OC[C@H]1O[C@H](OC2[C@H]3OC[C@@H](O3)[C@@H](O)[C@@H]2O)[C@H](O)[C@@H](O)[C@@H]1O. The molecular weight excluding hydrogens is 304 g/mol. The fourth-order valence-electron chi connectivity index (χ4n) is 2.85. The molecule has 0 spiro atoms. The highest BCUT2D eigenvalue weighted by Crippen LogP contribution is 2.32. The highest BCUT2D eigenvalue weighted by molar-refractivity contribution is 4.95. The highest BCUT2D eigenvalue weighted by atomic mass is 16.8. The van der Waals surface area contributed by atoms with Crippen LogP contribution < -0.4 is 0 Å². The Morgan fingerprint density at radius 3 is 2.27 bits per heavy atom. The molecule has 2 bridgehead atoms. The van der Waals surface area contributed by atoms with Gasteiger partial charge in [0.15, 0.2) is 12.6 Å². The first kappa shape index (κ1) is 16.5. The molecule has 3 fully saturated rings. The third kappa shape index (κ3) is 2.65. The van der Waals surface area contributed by atoms with Crippen LogP contribution in [0.2, 0.25) is 0 Å². The van der Waals surface area contributed by atoms with Gasteiger partial charge in [-0.2, -0.15) is 0 Å². The summed E-state index contributed by atoms with van der Waals surface area (Å²) in [6.45, 7) is -0.503.